The van der Waals surface area contributed by atoms with Gasteiger partial charge in [0.25, 0.3) is 0 Å². The summed E-state index contributed by atoms with van der Waals surface area (Å²) < 4.78 is 0.128. The first kappa shape index (κ1) is 14.9. The summed E-state index contributed by atoms with van der Waals surface area (Å²) in [5.41, 5.74) is 9.49. The van der Waals surface area contributed by atoms with E-state index in [9.17, 15) is 0 Å². The Morgan fingerprint density at radius 2 is 1.89 bits per heavy atom. The third kappa shape index (κ3) is 2.97. The van der Waals surface area contributed by atoms with Crippen LogP contribution >= 0.6 is 47.0 Å². The zero-order chi connectivity index (χ0) is 14.4. The Morgan fingerprint density at radius 3 is 2.42 bits per heavy atom. The minimum atomic E-state index is -1.62. The molecule has 0 aliphatic rings. The summed E-state index contributed by atoms with van der Waals surface area (Å²) in [5, 5.41) is 0. The fourth-order valence-electron chi connectivity index (χ4n) is 1.91. The average molecular weight is 337 g/mol. The van der Waals surface area contributed by atoms with Crippen molar-refractivity contribution in [1.82, 2.24) is 9.55 Å². The van der Waals surface area contributed by atoms with Crippen LogP contribution in [0.25, 0.3) is 11.0 Å². The molecule has 0 aliphatic carbocycles. The molecular formula is C12H12Cl3N3S. The minimum Gasteiger partial charge on any atom is -0.392 e. The first-order chi connectivity index (χ1) is 8.70. The fourth-order valence-corrected chi connectivity index (χ4v) is 2.47. The van der Waals surface area contributed by atoms with E-state index in [1.807, 2.05) is 26.0 Å². The second kappa shape index (κ2) is 5.09. The molecule has 0 amide bonds. The molecule has 1 aromatic heterocycles. The van der Waals surface area contributed by atoms with Crippen LogP contribution in [0.15, 0.2) is 12.1 Å². The maximum atomic E-state index is 5.96. The molecule has 0 fully saturated rings. The van der Waals surface area contributed by atoms with Gasteiger partial charge in [-0.15, -0.1) is 0 Å². The summed E-state index contributed by atoms with van der Waals surface area (Å²) in [4.78, 5) is 4.70. The van der Waals surface area contributed by atoms with Gasteiger partial charge in [-0.25, -0.2) is 4.98 Å². The van der Waals surface area contributed by atoms with E-state index in [2.05, 4.69) is 4.98 Å². The molecular weight excluding hydrogens is 325 g/mol. The highest BCUT2D eigenvalue weighted by molar-refractivity contribution is 7.80. The second-order valence-electron chi connectivity index (χ2n) is 4.41. The van der Waals surface area contributed by atoms with E-state index in [-0.39, 0.29) is 6.54 Å². The number of rotatable bonds is 2. The summed E-state index contributed by atoms with van der Waals surface area (Å²) in [6, 6.07) is 3.95. The first-order valence-corrected chi connectivity index (χ1v) is 7.07. The molecule has 7 heteroatoms. The number of benzene rings is 1. The van der Waals surface area contributed by atoms with Crippen LogP contribution in [0.5, 0.6) is 0 Å². The monoisotopic (exact) mass is 335 g/mol. The van der Waals surface area contributed by atoms with E-state index in [0.717, 1.165) is 22.2 Å². The van der Waals surface area contributed by atoms with Crippen molar-refractivity contribution in [2.75, 3.05) is 0 Å². The Labute approximate surface area is 131 Å². The maximum Gasteiger partial charge on any atom is 0.248 e. The van der Waals surface area contributed by atoms with Gasteiger partial charge >= 0.3 is 0 Å². The minimum absolute atomic E-state index is 0.289. The number of thiocarbonyl (C=S) groups is 1. The summed E-state index contributed by atoms with van der Waals surface area (Å²) >= 11 is 22.8. The summed E-state index contributed by atoms with van der Waals surface area (Å²) in [6.07, 6.45) is 0. The van der Waals surface area contributed by atoms with E-state index in [4.69, 9.17) is 52.8 Å². The van der Waals surface area contributed by atoms with Crippen LogP contribution in [-0.2, 0) is 10.3 Å². The van der Waals surface area contributed by atoms with Crippen molar-refractivity contribution in [2.24, 2.45) is 5.73 Å². The van der Waals surface area contributed by atoms with Crippen LogP contribution < -0.4 is 5.73 Å². The molecule has 0 spiro atoms. The van der Waals surface area contributed by atoms with Crippen molar-refractivity contribution in [3.8, 4) is 0 Å². The van der Waals surface area contributed by atoms with Gasteiger partial charge in [0.1, 0.15) is 0 Å². The molecule has 0 radical (unpaired) electrons. The Hall–Kier alpha value is -0.550. The van der Waals surface area contributed by atoms with Gasteiger partial charge in [-0.3, -0.25) is 0 Å². The molecule has 0 aliphatic heterocycles. The molecule has 1 heterocycles. The molecule has 0 bridgehead atoms. The van der Waals surface area contributed by atoms with Gasteiger partial charge in [-0.2, -0.15) is 0 Å². The number of hydrogen-bond acceptors (Lipinski definition) is 2. The molecule has 1 aromatic carbocycles. The van der Waals surface area contributed by atoms with E-state index < -0.39 is 3.79 Å². The van der Waals surface area contributed by atoms with Crippen LogP contribution in [0.3, 0.4) is 0 Å². The lowest BCUT2D eigenvalue weighted by Gasteiger charge is -2.13. The smallest absolute Gasteiger partial charge is 0.248 e. The van der Waals surface area contributed by atoms with Crippen LogP contribution in [0.4, 0.5) is 0 Å². The molecule has 102 valence electrons. The Balaban J connectivity index is 2.77. The number of hydrogen-bond donors (Lipinski definition) is 1. The predicted molar refractivity (Wildman–Crippen MR) is 85.2 cm³/mol. The molecule has 0 saturated heterocycles. The van der Waals surface area contributed by atoms with Crippen molar-refractivity contribution in [3.63, 3.8) is 0 Å². The summed E-state index contributed by atoms with van der Waals surface area (Å²) in [6.45, 7) is 4.32. The molecule has 0 saturated carbocycles. The quantitative estimate of drug-likeness (QED) is 0.670. The third-order valence-electron chi connectivity index (χ3n) is 2.93. The highest BCUT2D eigenvalue weighted by Gasteiger charge is 2.30. The average Bonchev–Trinajstić information content (AvgIpc) is 2.57. The standard InChI is InChI=1S/C12H12Cl3N3S/c1-6-3-8-9(4-7(6)2)18(5-10(16)19)11(17-8)12(13,14)15/h3-4H,5H2,1-2H3,(H2,16,19). The largest absolute Gasteiger partial charge is 0.392 e. The van der Waals surface area contributed by atoms with Crippen molar-refractivity contribution in [2.45, 2.75) is 24.2 Å². The molecule has 0 unspecified atom stereocenters. The zero-order valence-electron chi connectivity index (χ0n) is 10.4. The van der Waals surface area contributed by atoms with Crippen molar-refractivity contribution in [1.29, 1.82) is 0 Å². The molecule has 2 rings (SSSR count). The van der Waals surface area contributed by atoms with Gasteiger partial charge in [0, 0.05) is 0 Å². The lowest BCUT2D eigenvalue weighted by molar-refractivity contribution is 0.800. The number of nitrogens with two attached hydrogens (primary N) is 1. The number of imidazole rings is 1. The normalized spacial score (nSPS) is 12.1. The van der Waals surface area contributed by atoms with E-state index in [1.165, 1.54) is 0 Å². The van der Waals surface area contributed by atoms with Crippen LogP contribution in [0, 0.1) is 13.8 Å². The van der Waals surface area contributed by atoms with Crippen LogP contribution in [0.1, 0.15) is 17.0 Å². The van der Waals surface area contributed by atoms with E-state index in [1.54, 1.807) is 4.57 Å². The second-order valence-corrected chi connectivity index (χ2v) is 7.22. The first-order valence-electron chi connectivity index (χ1n) is 5.53. The molecule has 0 atom stereocenters. The Kier molecular flexibility index (Phi) is 3.98. The summed E-state index contributed by atoms with van der Waals surface area (Å²) in [5.74, 6) is 0.324. The predicted octanol–water partition coefficient (Wildman–Crippen LogP) is 3.77. The Morgan fingerprint density at radius 1 is 1.32 bits per heavy atom. The zero-order valence-corrected chi connectivity index (χ0v) is 13.5. The number of alkyl halides is 3. The maximum absolute atomic E-state index is 5.96. The molecule has 3 nitrogen and oxygen atoms in total. The Bertz CT molecular complexity index is 658. The SMILES string of the molecule is Cc1cc2nc(C(Cl)(Cl)Cl)n(CC(N)=S)c2cc1C. The van der Waals surface area contributed by atoms with Crippen molar-refractivity contribution < 1.29 is 0 Å². The third-order valence-corrected chi connectivity index (χ3v) is 3.57. The molecule has 2 N–H and O–H groups in total. The number of fused-ring (bicyclic) bond motifs is 1. The van der Waals surface area contributed by atoms with Crippen molar-refractivity contribution in [3.05, 3.63) is 29.1 Å². The summed E-state index contributed by atoms with van der Waals surface area (Å²) in [7, 11) is 0. The molecule has 19 heavy (non-hydrogen) atoms. The highest BCUT2D eigenvalue weighted by Crippen LogP contribution is 2.39. The topological polar surface area (TPSA) is 43.8 Å². The van der Waals surface area contributed by atoms with Gasteiger partial charge < -0.3 is 10.3 Å². The van der Waals surface area contributed by atoms with Crippen molar-refractivity contribution >= 4 is 63.0 Å². The lowest BCUT2D eigenvalue weighted by Crippen LogP contribution is -2.21. The van der Waals surface area contributed by atoms with E-state index >= 15 is 0 Å². The fraction of sp³-hybridized carbons (Fsp3) is 0.333. The van der Waals surface area contributed by atoms with Gasteiger partial charge in [-0.05, 0) is 37.1 Å². The van der Waals surface area contributed by atoms with Gasteiger partial charge in [0.05, 0.1) is 22.6 Å². The number of halogens is 3. The number of aromatic nitrogens is 2. The van der Waals surface area contributed by atoms with Gasteiger partial charge in [-0.1, -0.05) is 47.0 Å². The van der Waals surface area contributed by atoms with Crippen LogP contribution in [0.2, 0.25) is 0 Å². The van der Waals surface area contributed by atoms with Gasteiger partial charge in [0.15, 0.2) is 5.82 Å². The molecule has 2 aromatic rings. The number of nitrogens with zero attached hydrogens (tertiary/aromatic N) is 2. The number of aryl methyl sites for hydroxylation is 2. The van der Waals surface area contributed by atoms with Crippen LogP contribution in [-0.4, -0.2) is 14.5 Å². The van der Waals surface area contributed by atoms with E-state index in [0.29, 0.717) is 10.8 Å². The highest BCUT2D eigenvalue weighted by atomic mass is 35.6. The lowest BCUT2D eigenvalue weighted by atomic mass is 10.1. The van der Waals surface area contributed by atoms with Gasteiger partial charge in [0.2, 0.25) is 3.79 Å².